The molecular formula is C29H24N6O8S4. The molecular weight excluding hydrogens is 689 g/mol. The zero-order chi connectivity index (χ0) is 33.1. The topological polar surface area (TPSA) is 210 Å². The largest absolute Gasteiger partial charge is 0.512 e. The molecule has 2 aliphatic heterocycles. The number of nitrogens with two attached hydrogens (primary N) is 1. The smallest absolute Gasteiger partial charge is 0.504 e. The van der Waals surface area contributed by atoms with Gasteiger partial charge in [-0.15, -0.1) is 34.4 Å². The van der Waals surface area contributed by atoms with Crippen LogP contribution in [0.4, 0.5) is 9.93 Å². The first-order chi connectivity index (χ1) is 22.7. The number of rotatable bonds is 11. The molecule has 47 heavy (non-hydrogen) atoms. The highest BCUT2D eigenvalue weighted by atomic mass is 32.2. The van der Waals surface area contributed by atoms with Crippen LogP contribution in [0.3, 0.4) is 0 Å². The molecule has 0 saturated carbocycles. The first-order valence-electron chi connectivity index (χ1n) is 13.6. The number of phenolic OH excluding ortho intramolecular Hbond substituents is 2. The number of oxime groups is 1. The number of nitrogens with one attached hydrogen (secondary N) is 1. The van der Waals surface area contributed by atoms with Crippen LogP contribution in [-0.4, -0.2) is 76.8 Å². The molecule has 242 valence electrons. The fraction of sp³-hybridized carbons (Fsp3) is 0.172. The Morgan fingerprint density at radius 2 is 1.91 bits per heavy atom. The first-order valence-corrected chi connectivity index (χ1v) is 17.4. The Bertz CT molecular complexity index is 1900. The van der Waals surface area contributed by atoms with Gasteiger partial charge in [0.15, 0.2) is 26.7 Å². The lowest BCUT2D eigenvalue weighted by atomic mass is 10.1. The van der Waals surface area contributed by atoms with Gasteiger partial charge in [-0.1, -0.05) is 47.2 Å². The van der Waals surface area contributed by atoms with Gasteiger partial charge in [-0.25, -0.2) is 14.8 Å². The molecule has 2 atom stereocenters. The Hall–Kier alpha value is -4.78. The maximum Gasteiger partial charge on any atom is 0.512 e. The minimum absolute atomic E-state index is 0.0933. The van der Waals surface area contributed by atoms with Crippen molar-refractivity contribution >= 4 is 75.0 Å². The Morgan fingerprint density at radius 1 is 1.11 bits per heavy atom. The Kier molecular flexibility index (Phi) is 9.53. The molecule has 14 nitrogen and oxygen atoms in total. The van der Waals surface area contributed by atoms with Crippen LogP contribution in [0.25, 0.3) is 11.3 Å². The van der Waals surface area contributed by atoms with E-state index in [4.69, 9.17) is 15.3 Å². The number of amides is 2. The van der Waals surface area contributed by atoms with E-state index in [9.17, 15) is 29.7 Å². The van der Waals surface area contributed by atoms with E-state index in [1.165, 1.54) is 51.9 Å². The second-order valence-corrected chi connectivity index (χ2v) is 14.0. The number of nitrogen functional groups attached to an aromatic ring is 1. The number of carbonyl (C=O) groups is 3. The highest BCUT2D eigenvalue weighted by Gasteiger charge is 2.54. The van der Waals surface area contributed by atoms with Crippen molar-refractivity contribution in [2.75, 3.05) is 17.2 Å². The van der Waals surface area contributed by atoms with Gasteiger partial charge in [-0.3, -0.25) is 14.5 Å². The van der Waals surface area contributed by atoms with Crippen molar-refractivity contribution < 1.29 is 39.3 Å². The van der Waals surface area contributed by atoms with E-state index in [1.807, 2.05) is 30.3 Å². The number of β-lactam (4-membered cyclic amide) rings is 1. The summed E-state index contributed by atoms with van der Waals surface area (Å²) in [5, 5.41) is 38.5. The normalized spacial score (nSPS) is 17.6. The molecule has 0 unspecified atom stereocenters. The van der Waals surface area contributed by atoms with Crippen molar-refractivity contribution in [2.45, 2.75) is 22.4 Å². The summed E-state index contributed by atoms with van der Waals surface area (Å²) in [7, 11) is 0. The number of fused-ring (bicyclic) bond motifs is 1. The number of hydrogen-bond donors (Lipinski definition) is 5. The van der Waals surface area contributed by atoms with Crippen molar-refractivity contribution in [2.24, 2.45) is 5.16 Å². The molecule has 6 rings (SSSR count). The van der Waals surface area contributed by atoms with Gasteiger partial charge in [-0.2, -0.15) is 0 Å². The molecule has 2 aliphatic rings. The predicted octanol–water partition coefficient (Wildman–Crippen LogP) is 4.28. The van der Waals surface area contributed by atoms with E-state index in [2.05, 4.69) is 20.4 Å². The van der Waals surface area contributed by atoms with Crippen LogP contribution in [0, 0.1) is 0 Å². The number of aromatic nitrogens is 2. The number of aromatic hydroxyl groups is 2. The van der Waals surface area contributed by atoms with Crippen molar-refractivity contribution in [3.63, 3.8) is 0 Å². The molecule has 1 fully saturated rings. The molecule has 4 aromatic rings. The van der Waals surface area contributed by atoms with Gasteiger partial charge < -0.3 is 35.9 Å². The predicted molar refractivity (Wildman–Crippen MR) is 177 cm³/mol. The summed E-state index contributed by atoms with van der Waals surface area (Å²) in [6, 6.07) is 12.6. The number of thioether (sulfide) groups is 2. The molecule has 0 radical (unpaired) electrons. The van der Waals surface area contributed by atoms with Crippen molar-refractivity contribution in [3.8, 4) is 22.8 Å². The summed E-state index contributed by atoms with van der Waals surface area (Å²) in [6.07, 6.45) is -1.58. The van der Waals surface area contributed by atoms with Crippen LogP contribution in [0.5, 0.6) is 11.5 Å². The van der Waals surface area contributed by atoms with Gasteiger partial charge in [-0.05, 0) is 23.8 Å². The van der Waals surface area contributed by atoms with Gasteiger partial charge in [0.25, 0.3) is 11.8 Å². The fourth-order valence-electron chi connectivity index (χ4n) is 4.55. The number of carbonyl (C=O) groups excluding carboxylic acids is 2. The molecule has 4 heterocycles. The van der Waals surface area contributed by atoms with E-state index in [1.54, 1.807) is 16.8 Å². The lowest BCUT2D eigenvalue weighted by Gasteiger charge is -2.49. The number of carboxylic acid groups (broad SMARTS) is 1. The van der Waals surface area contributed by atoms with Crippen LogP contribution in [0.15, 0.2) is 80.2 Å². The van der Waals surface area contributed by atoms with Gasteiger partial charge >= 0.3 is 6.16 Å². The Balaban J connectivity index is 1.14. The zero-order valence-corrected chi connectivity index (χ0v) is 27.2. The average molecular weight is 713 g/mol. The lowest BCUT2D eigenvalue weighted by molar-refractivity contribution is -0.148. The maximum atomic E-state index is 13.4. The van der Waals surface area contributed by atoms with Crippen LogP contribution in [0.1, 0.15) is 11.3 Å². The quantitative estimate of drug-likeness (QED) is 0.0368. The first kappa shape index (κ1) is 32.2. The van der Waals surface area contributed by atoms with E-state index in [-0.39, 0.29) is 46.3 Å². The number of anilines is 1. The number of thiazole rings is 2. The standard InChI is InChI=1S/C29H24N6O8S4/c30-27-31-18(13-45-27)21(34-42-9-14-4-2-1-3-5-14)23(38)33-22-24(39)35-25(43-29(40)41)16(10-44-26(22)35)11-46-28-32-17(12-47-28)15-6-7-19(36)20(37)8-15/h1-8,12-13,22,26,36-37H,9-11H2,(H2,30,31)(H,33,38)(H,40,41)/t22-,26+/m1/s1. The molecule has 6 N–H and O–H groups in total. The third-order valence-corrected chi connectivity index (χ3v) is 10.9. The maximum absolute atomic E-state index is 13.4. The molecule has 2 aromatic heterocycles. The number of hydrogen-bond acceptors (Lipinski definition) is 15. The number of ether oxygens (including phenoxy) is 1. The Labute approximate surface area is 282 Å². The molecule has 0 aliphatic carbocycles. The third-order valence-electron chi connectivity index (χ3n) is 6.80. The number of nitrogens with zero attached hydrogens (tertiary/aromatic N) is 4. The van der Waals surface area contributed by atoms with Crippen LogP contribution >= 0.6 is 46.2 Å². The van der Waals surface area contributed by atoms with E-state index >= 15 is 0 Å². The van der Waals surface area contributed by atoms with Crippen LogP contribution in [-0.2, 0) is 25.8 Å². The zero-order valence-electron chi connectivity index (χ0n) is 23.9. The van der Waals surface area contributed by atoms with Gasteiger partial charge in [0, 0.05) is 33.4 Å². The minimum atomic E-state index is -1.58. The van der Waals surface area contributed by atoms with Crippen molar-refractivity contribution in [3.05, 3.63) is 82.0 Å². The molecule has 0 bridgehead atoms. The summed E-state index contributed by atoms with van der Waals surface area (Å²) >= 11 is 5.14. The monoisotopic (exact) mass is 712 g/mol. The van der Waals surface area contributed by atoms with Gasteiger partial charge in [0.2, 0.25) is 5.88 Å². The van der Waals surface area contributed by atoms with Crippen LogP contribution < -0.4 is 11.1 Å². The summed E-state index contributed by atoms with van der Waals surface area (Å²) in [5.41, 5.74) is 8.39. The number of phenols is 2. The Morgan fingerprint density at radius 3 is 2.64 bits per heavy atom. The summed E-state index contributed by atoms with van der Waals surface area (Å²) in [6.45, 7) is 0.0933. The molecule has 2 amide bonds. The van der Waals surface area contributed by atoms with Gasteiger partial charge in [0.1, 0.15) is 23.7 Å². The fourth-order valence-corrected chi connectivity index (χ4v) is 8.38. The van der Waals surface area contributed by atoms with E-state index in [0.717, 1.165) is 16.9 Å². The molecule has 2 aromatic carbocycles. The summed E-state index contributed by atoms with van der Waals surface area (Å²) in [4.78, 5) is 53.7. The van der Waals surface area contributed by atoms with E-state index < -0.39 is 29.4 Å². The number of benzene rings is 2. The van der Waals surface area contributed by atoms with Gasteiger partial charge in [0.05, 0.1) is 5.69 Å². The second kappa shape index (κ2) is 13.9. The minimum Gasteiger partial charge on any atom is -0.504 e. The van der Waals surface area contributed by atoms with Crippen molar-refractivity contribution in [1.29, 1.82) is 0 Å². The highest BCUT2D eigenvalue weighted by Crippen LogP contribution is 2.42. The molecule has 18 heteroatoms. The SMILES string of the molecule is Nc1nc(C(=NOCc2ccccc2)C(=O)N[C@@H]2C(=O)N3C(OC(=O)O)=C(CSc4nc(-c5ccc(O)c(O)c5)cs4)CS[C@@H]23)cs1. The molecule has 0 spiro atoms. The second-order valence-electron chi connectivity index (χ2n) is 9.90. The summed E-state index contributed by atoms with van der Waals surface area (Å²) in [5.74, 6) is -1.27. The molecule has 1 saturated heterocycles. The third kappa shape index (κ3) is 7.14. The lowest BCUT2D eigenvalue weighted by Crippen LogP contribution is -2.70. The highest BCUT2D eigenvalue weighted by molar-refractivity contribution is 8.01. The summed E-state index contributed by atoms with van der Waals surface area (Å²) < 4.78 is 5.75. The van der Waals surface area contributed by atoms with E-state index in [0.29, 0.717) is 26.9 Å². The van der Waals surface area contributed by atoms with Crippen LogP contribution in [0.2, 0.25) is 0 Å². The van der Waals surface area contributed by atoms with Crippen molar-refractivity contribution in [1.82, 2.24) is 20.2 Å². The average Bonchev–Trinajstić information content (AvgIpc) is 3.71.